The molecule has 4 nitrogen and oxygen atoms in total. The number of carboxylic acid groups (broad SMARTS) is 1. The normalized spacial score (nSPS) is 12.5. The zero-order chi connectivity index (χ0) is 11.7. The molecule has 0 saturated carbocycles. The molecule has 0 aromatic heterocycles. The third-order valence-electron chi connectivity index (χ3n) is 2.31. The highest BCUT2D eigenvalue weighted by molar-refractivity contribution is 9.10. The number of hydrogen-bond donors (Lipinski definition) is 3. The van der Waals surface area contributed by atoms with E-state index in [1.807, 2.05) is 0 Å². The number of aromatic hydroxyl groups is 1. The average molecular weight is 274 g/mol. The van der Waals surface area contributed by atoms with Crippen LogP contribution in [0.1, 0.15) is 22.7 Å². The standard InChI is InChI=1S/C10H12BrNO3/c1-4-3-6(11)7(5(2)9(4)13)8(12)10(14)15/h3,8,13H,12H2,1-2H3,(H,14,15). The highest BCUT2D eigenvalue weighted by Gasteiger charge is 2.22. The summed E-state index contributed by atoms with van der Waals surface area (Å²) in [4.78, 5) is 10.8. The van der Waals surface area contributed by atoms with Crippen molar-refractivity contribution in [2.24, 2.45) is 5.73 Å². The first-order valence-corrected chi connectivity index (χ1v) is 5.12. The van der Waals surface area contributed by atoms with Crippen LogP contribution >= 0.6 is 15.9 Å². The maximum Gasteiger partial charge on any atom is 0.325 e. The zero-order valence-electron chi connectivity index (χ0n) is 8.41. The van der Waals surface area contributed by atoms with E-state index in [9.17, 15) is 9.90 Å². The van der Waals surface area contributed by atoms with Gasteiger partial charge in [0.25, 0.3) is 0 Å². The second-order valence-electron chi connectivity index (χ2n) is 3.38. The van der Waals surface area contributed by atoms with Crippen molar-refractivity contribution in [1.29, 1.82) is 0 Å². The number of nitrogens with two attached hydrogens (primary N) is 1. The Bertz CT molecular complexity index is 418. The molecule has 0 heterocycles. The van der Waals surface area contributed by atoms with E-state index in [1.54, 1.807) is 19.9 Å². The molecular formula is C10H12BrNO3. The molecular weight excluding hydrogens is 262 g/mol. The number of carbonyl (C=O) groups is 1. The van der Waals surface area contributed by atoms with Crippen LogP contribution in [0.15, 0.2) is 10.5 Å². The van der Waals surface area contributed by atoms with Gasteiger partial charge in [-0.05, 0) is 31.0 Å². The summed E-state index contributed by atoms with van der Waals surface area (Å²) in [5.41, 5.74) is 7.10. The summed E-state index contributed by atoms with van der Waals surface area (Å²) in [6.07, 6.45) is 0. The van der Waals surface area contributed by atoms with E-state index in [0.717, 1.165) is 0 Å². The summed E-state index contributed by atoms with van der Waals surface area (Å²) in [6.45, 7) is 3.38. The van der Waals surface area contributed by atoms with E-state index in [2.05, 4.69) is 15.9 Å². The molecule has 82 valence electrons. The SMILES string of the molecule is Cc1cc(Br)c(C(N)C(=O)O)c(C)c1O. The van der Waals surface area contributed by atoms with E-state index in [-0.39, 0.29) is 5.75 Å². The molecule has 0 fully saturated rings. The van der Waals surface area contributed by atoms with Crippen molar-refractivity contribution in [2.75, 3.05) is 0 Å². The minimum atomic E-state index is -1.13. The molecule has 0 radical (unpaired) electrons. The average Bonchev–Trinajstić information content (AvgIpc) is 2.14. The Hall–Kier alpha value is -1.07. The fourth-order valence-electron chi connectivity index (χ4n) is 1.44. The number of aliphatic carboxylic acids is 1. The molecule has 0 amide bonds. The van der Waals surface area contributed by atoms with Gasteiger partial charge in [0.2, 0.25) is 0 Å². The Balaban J connectivity index is 3.42. The van der Waals surface area contributed by atoms with Crippen LogP contribution < -0.4 is 5.73 Å². The third-order valence-corrected chi connectivity index (χ3v) is 2.97. The molecule has 1 unspecified atom stereocenters. The van der Waals surface area contributed by atoms with Crippen LogP contribution in [0.25, 0.3) is 0 Å². The Labute approximate surface area is 95.8 Å². The Kier molecular flexibility index (Phi) is 3.36. The van der Waals surface area contributed by atoms with Crippen molar-refractivity contribution < 1.29 is 15.0 Å². The van der Waals surface area contributed by atoms with Crippen LogP contribution in [0, 0.1) is 13.8 Å². The Morgan fingerprint density at radius 2 is 2.07 bits per heavy atom. The van der Waals surface area contributed by atoms with Crippen molar-refractivity contribution in [1.82, 2.24) is 0 Å². The van der Waals surface area contributed by atoms with E-state index in [4.69, 9.17) is 10.8 Å². The van der Waals surface area contributed by atoms with Gasteiger partial charge >= 0.3 is 5.97 Å². The molecule has 0 spiro atoms. The number of carboxylic acids is 1. The molecule has 0 saturated heterocycles. The predicted molar refractivity (Wildman–Crippen MR) is 59.8 cm³/mol. The third kappa shape index (κ3) is 2.13. The van der Waals surface area contributed by atoms with Crippen molar-refractivity contribution in [2.45, 2.75) is 19.9 Å². The highest BCUT2D eigenvalue weighted by Crippen LogP contribution is 2.34. The number of benzene rings is 1. The van der Waals surface area contributed by atoms with Crippen LogP contribution in [0.5, 0.6) is 5.75 Å². The molecule has 5 heteroatoms. The van der Waals surface area contributed by atoms with Crippen molar-refractivity contribution >= 4 is 21.9 Å². The summed E-state index contributed by atoms with van der Waals surface area (Å²) in [6, 6.07) is 0.520. The first-order valence-electron chi connectivity index (χ1n) is 4.33. The van der Waals surface area contributed by atoms with Gasteiger partial charge in [0.05, 0.1) is 0 Å². The number of aryl methyl sites for hydroxylation is 1. The molecule has 1 aromatic rings. The largest absolute Gasteiger partial charge is 0.507 e. The van der Waals surface area contributed by atoms with Gasteiger partial charge in [-0.15, -0.1) is 0 Å². The zero-order valence-corrected chi connectivity index (χ0v) is 10.00. The second-order valence-corrected chi connectivity index (χ2v) is 4.23. The second kappa shape index (κ2) is 4.20. The smallest absolute Gasteiger partial charge is 0.325 e. The number of halogens is 1. The molecule has 0 aliphatic rings. The van der Waals surface area contributed by atoms with Crippen LogP contribution in [-0.2, 0) is 4.79 Å². The van der Waals surface area contributed by atoms with Crippen LogP contribution in [0.2, 0.25) is 0 Å². The number of rotatable bonds is 2. The maximum atomic E-state index is 10.8. The summed E-state index contributed by atoms with van der Waals surface area (Å²) < 4.78 is 0.602. The summed E-state index contributed by atoms with van der Waals surface area (Å²) in [7, 11) is 0. The van der Waals surface area contributed by atoms with Crippen molar-refractivity contribution in [3.63, 3.8) is 0 Å². The maximum absolute atomic E-state index is 10.8. The van der Waals surface area contributed by atoms with Crippen molar-refractivity contribution in [3.05, 3.63) is 27.2 Å². The molecule has 4 N–H and O–H groups in total. The fraction of sp³-hybridized carbons (Fsp3) is 0.300. The van der Waals surface area contributed by atoms with Crippen LogP contribution in [0.3, 0.4) is 0 Å². The van der Waals surface area contributed by atoms with Crippen LogP contribution in [-0.4, -0.2) is 16.2 Å². The molecule has 0 aliphatic carbocycles. The fourth-order valence-corrected chi connectivity index (χ4v) is 2.33. The topological polar surface area (TPSA) is 83.6 Å². The van der Waals surface area contributed by atoms with Gasteiger partial charge in [0.1, 0.15) is 11.8 Å². The molecule has 1 rings (SSSR count). The molecule has 15 heavy (non-hydrogen) atoms. The number of hydrogen-bond acceptors (Lipinski definition) is 3. The molecule has 1 atom stereocenters. The first kappa shape index (κ1) is 12.0. The van der Waals surface area contributed by atoms with E-state index >= 15 is 0 Å². The van der Waals surface area contributed by atoms with Gasteiger partial charge in [0, 0.05) is 10.0 Å². The van der Waals surface area contributed by atoms with Crippen molar-refractivity contribution in [3.8, 4) is 5.75 Å². The van der Waals surface area contributed by atoms with E-state index in [1.165, 1.54) is 0 Å². The monoisotopic (exact) mass is 273 g/mol. The Morgan fingerprint density at radius 3 is 2.53 bits per heavy atom. The summed E-state index contributed by atoms with van der Waals surface area (Å²) in [5.74, 6) is -1.04. The molecule has 1 aromatic carbocycles. The minimum Gasteiger partial charge on any atom is -0.507 e. The van der Waals surface area contributed by atoms with Gasteiger partial charge in [-0.1, -0.05) is 15.9 Å². The lowest BCUT2D eigenvalue weighted by molar-refractivity contribution is -0.138. The van der Waals surface area contributed by atoms with E-state index < -0.39 is 12.0 Å². The van der Waals surface area contributed by atoms with E-state index in [0.29, 0.717) is 21.2 Å². The van der Waals surface area contributed by atoms with Gasteiger partial charge in [-0.2, -0.15) is 0 Å². The minimum absolute atomic E-state index is 0.0879. The quantitative estimate of drug-likeness (QED) is 0.768. The lowest BCUT2D eigenvalue weighted by Gasteiger charge is -2.15. The summed E-state index contributed by atoms with van der Waals surface area (Å²) in [5, 5.41) is 18.5. The molecule has 0 aliphatic heterocycles. The van der Waals surface area contributed by atoms with Gasteiger partial charge in [0.15, 0.2) is 0 Å². The first-order chi connectivity index (χ1) is 6.86. The number of phenolic OH excluding ortho intramolecular Hbond substituents is 1. The Morgan fingerprint density at radius 1 is 1.53 bits per heavy atom. The lowest BCUT2D eigenvalue weighted by atomic mass is 9.98. The summed E-state index contributed by atoms with van der Waals surface area (Å²) >= 11 is 3.25. The predicted octanol–water partition coefficient (Wildman–Crippen LogP) is 1.86. The van der Waals surface area contributed by atoms with Gasteiger partial charge in [-0.3, -0.25) is 4.79 Å². The highest BCUT2D eigenvalue weighted by atomic mass is 79.9. The lowest BCUT2D eigenvalue weighted by Crippen LogP contribution is -2.22. The van der Waals surface area contributed by atoms with Gasteiger partial charge < -0.3 is 15.9 Å². The molecule has 0 bridgehead atoms. The van der Waals surface area contributed by atoms with Gasteiger partial charge in [-0.25, -0.2) is 0 Å². The number of phenols is 1. The van der Waals surface area contributed by atoms with Crippen LogP contribution in [0.4, 0.5) is 0 Å².